The van der Waals surface area contributed by atoms with Crippen molar-refractivity contribution < 1.29 is 9.53 Å². The molecule has 0 atom stereocenters. The van der Waals surface area contributed by atoms with Crippen molar-refractivity contribution in [2.75, 3.05) is 29.4 Å². The third kappa shape index (κ3) is 5.29. The van der Waals surface area contributed by atoms with Gasteiger partial charge in [0.1, 0.15) is 5.75 Å². The van der Waals surface area contributed by atoms with E-state index in [4.69, 9.17) is 10.6 Å². The van der Waals surface area contributed by atoms with Gasteiger partial charge in [0.15, 0.2) is 0 Å². The van der Waals surface area contributed by atoms with Crippen LogP contribution in [0.5, 0.6) is 5.75 Å². The minimum absolute atomic E-state index is 0.146. The van der Waals surface area contributed by atoms with Gasteiger partial charge in [0, 0.05) is 11.3 Å². The van der Waals surface area contributed by atoms with E-state index in [1.54, 1.807) is 13.3 Å². The number of ether oxygens (including phenoxy) is 1. The minimum atomic E-state index is -0.154. The number of hydrazone groups is 1. The van der Waals surface area contributed by atoms with E-state index < -0.39 is 0 Å². The van der Waals surface area contributed by atoms with Crippen LogP contribution >= 0.6 is 11.8 Å². The first-order valence-electron chi connectivity index (χ1n) is 9.10. The van der Waals surface area contributed by atoms with Gasteiger partial charge in [-0.1, -0.05) is 41.6 Å². The topological polar surface area (TPSA) is 119 Å². The molecule has 0 aliphatic heterocycles. The summed E-state index contributed by atoms with van der Waals surface area (Å²) in [6.45, 7) is 3.96. The van der Waals surface area contributed by atoms with Crippen LogP contribution in [0.3, 0.4) is 0 Å². The summed E-state index contributed by atoms with van der Waals surface area (Å²) < 4.78 is 6.51. The number of nitrogens with one attached hydrogen (secondary N) is 2. The van der Waals surface area contributed by atoms with Crippen LogP contribution in [0.25, 0.3) is 0 Å². The smallest absolute Gasteiger partial charge is 0.264 e. The second-order valence-electron chi connectivity index (χ2n) is 6.44. The van der Waals surface area contributed by atoms with Crippen molar-refractivity contribution in [2.24, 2.45) is 5.10 Å². The largest absolute Gasteiger partial charge is 0.496 e. The number of rotatable bonds is 8. The zero-order valence-corrected chi connectivity index (χ0v) is 17.7. The first-order chi connectivity index (χ1) is 14.5. The van der Waals surface area contributed by atoms with Gasteiger partial charge in [0.05, 0.1) is 19.1 Å². The number of hydrogen-bond acceptors (Lipinski definition) is 8. The average molecular weight is 426 g/mol. The number of nitrogens with two attached hydrogens (primary N) is 1. The van der Waals surface area contributed by atoms with Crippen molar-refractivity contribution in [3.05, 3.63) is 59.2 Å². The number of nitrogens with zero attached hydrogens (tertiary/aromatic N) is 4. The second-order valence-corrected chi connectivity index (χ2v) is 7.39. The third-order valence-electron chi connectivity index (χ3n) is 4.16. The molecule has 1 amide bonds. The molecule has 30 heavy (non-hydrogen) atoms. The molecule has 0 spiro atoms. The van der Waals surface area contributed by atoms with Gasteiger partial charge in [0.25, 0.3) is 5.95 Å². The fraction of sp³-hybridized carbons (Fsp3) is 0.200. The van der Waals surface area contributed by atoms with E-state index in [9.17, 15) is 4.79 Å². The highest BCUT2D eigenvalue weighted by Crippen LogP contribution is 2.20. The Morgan fingerprint density at radius 1 is 1.27 bits per heavy atom. The first-order valence-corrected chi connectivity index (χ1v) is 10.1. The number of carbonyl (C=O) groups excluding carboxylic acids is 1. The number of thioether (sulfide) groups is 1. The van der Waals surface area contributed by atoms with Crippen molar-refractivity contribution in [2.45, 2.75) is 19.0 Å². The highest BCUT2D eigenvalue weighted by atomic mass is 32.2. The molecule has 0 saturated carbocycles. The van der Waals surface area contributed by atoms with Crippen molar-refractivity contribution in [3.8, 4) is 5.75 Å². The highest BCUT2D eigenvalue weighted by Gasteiger charge is 2.12. The molecule has 0 aliphatic carbocycles. The highest BCUT2D eigenvalue weighted by molar-refractivity contribution is 7.99. The fourth-order valence-electron chi connectivity index (χ4n) is 2.65. The molecule has 2 aromatic carbocycles. The Hall–Kier alpha value is -3.53. The molecule has 0 saturated heterocycles. The van der Waals surface area contributed by atoms with E-state index in [0.717, 1.165) is 22.4 Å². The molecule has 10 heteroatoms. The molecule has 156 valence electrons. The number of hydrogen-bond donors (Lipinski definition) is 3. The molecular weight excluding hydrogens is 402 g/mol. The second kappa shape index (κ2) is 9.79. The van der Waals surface area contributed by atoms with Crippen molar-refractivity contribution >= 4 is 35.5 Å². The molecule has 0 fully saturated rings. The lowest BCUT2D eigenvalue weighted by molar-refractivity contribution is -0.113. The Labute approximate surface area is 178 Å². The summed E-state index contributed by atoms with van der Waals surface area (Å²) >= 11 is 1.18. The van der Waals surface area contributed by atoms with Crippen LogP contribution in [0.15, 0.2) is 52.7 Å². The van der Waals surface area contributed by atoms with E-state index >= 15 is 0 Å². The summed E-state index contributed by atoms with van der Waals surface area (Å²) in [5, 5.41) is 15.3. The van der Waals surface area contributed by atoms with Crippen LogP contribution in [0.1, 0.15) is 16.7 Å². The molecule has 4 N–H and O–H groups in total. The Morgan fingerprint density at radius 2 is 2.07 bits per heavy atom. The van der Waals surface area contributed by atoms with Gasteiger partial charge in [-0.2, -0.15) is 5.10 Å². The van der Waals surface area contributed by atoms with Crippen LogP contribution in [-0.4, -0.2) is 39.9 Å². The lowest BCUT2D eigenvalue weighted by Crippen LogP contribution is -2.17. The number of benzene rings is 2. The summed E-state index contributed by atoms with van der Waals surface area (Å²) in [5.41, 5.74) is 6.47. The maximum absolute atomic E-state index is 12.2. The zero-order chi connectivity index (χ0) is 21.5. The van der Waals surface area contributed by atoms with Crippen LogP contribution in [0.2, 0.25) is 0 Å². The Morgan fingerprint density at radius 3 is 2.83 bits per heavy atom. The Balaban J connectivity index is 1.56. The predicted octanol–water partition coefficient (Wildman–Crippen LogP) is 2.79. The molecule has 1 heterocycles. The van der Waals surface area contributed by atoms with Crippen LogP contribution in [0, 0.1) is 13.8 Å². The monoisotopic (exact) mass is 425 g/mol. The number of aromatic nitrogens is 3. The summed E-state index contributed by atoms with van der Waals surface area (Å²) in [6, 6.07) is 13.3. The average Bonchev–Trinajstić information content (AvgIpc) is 3.08. The van der Waals surface area contributed by atoms with Gasteiger partial charge in [-0.25, -0.2) is 10.1 Å². The molecule has 0 aliphatic rings. The fourth-order valence-corrected chi connectivity index (χ4v) is 3.31. The van der Waals surface area contributed by atoms with Gasteiger partial charge >= 0.3 is 0 Å². The summed E-state index contributed by atoms with van der Waals surface area (Å²) in [4.78, 5) is 12.2. The van der Waals surface area contributed by atoms with E-state index in [2.05, 4.69) is 26.0 Å². The summed E-state index contributed by atoms with van der Waals surface area (Å²) in [6.07, 6.45) is 1.59. The normalized spacial score (nSPS) is 10.9. The quantitative estimate of drug-likeness (QED) is 0.220. The predicted molar refractivity (Wildman–Crippen MR) is 120 cm³/mol. The minimum Gasteiger partial charge on any atom is -0.496 e. The van der Waals surface area contributed by atoms with Crippen LogP contribution in [-0.2, 0) is 4.79 Å². The van der Waals surface area contributed by atoms with E-state index in [-0.39, 0.29) is 17.6 Å². The molecule has 0 bridgehead atoms. The lowest BCUT2D eigenvalue weighted by atomic mass is 10.1. The van der Waals surface area contributed by atoms with Gasteiger partial charge in [-0.05, 0) is 37.6 Å². The van der Waals surface area contributed by atoms with Gasteiger partial charge in [-0.3, -0.25) is 4.79 Å². The molecule has 9 nitrogen and oxygen atoms in total. The Kier molecular flexibility index (Phi) is 6.91. The molecule has 3 rings (SSSR count). The van der Waals surface area contributed by atoms with Crippen molar-refractivity contribution in [1.29, 1.82) is 0 Å². The summed E-state index contributed by atoms with van der Waals surface area (Å²) in [7, 11) is 1.59. The van der Waals surface area contributed by atoms with E-state index in [0.29, 0.717) is 10.9 Å². The molecule has 0 radical (unpaired) electrons. The number of anilines is 2. The maximum Gasteiger partial charge on any atom is 0.264 e. The lowest BCUT2D eigenvalue weighted by Gasteiger charge is -2.09. The van der Waals surface area contributed by atoms with Gasteiger partial charge in [0.2, 0.25) is 11.1 Å². The SMILES string of the molecule is COc1ccccc1/C=N/Nc1nnc(SCC(=O)Nc2ccc(C)cc2C)n1N. The van der Waals surface area contributed by atoms with Crippen LogP contribution < -0.4 is 21.3 Å². The molecular formula is C20H23N7O2S. The maximum atomic E-state index is 12.2. The summed E-state index contributed by atoms with van der Waals surface area (Å²) in [5.74, 6) is 6.93. The number of methoxy groups -OCH3 is 1. The third-order valence-corrected chi connectivity index (χ3v) is 5.10. The molecule has 1 aromatic heterocycles. The number of carbonyl (C=O) groups is 1. The molecule has 3 aromatic rings. The molecule has 0 unspecified atom stereocenters. The van der Waals surface area contributed by atoms with Crippen LogP contribution in [0.4, 0.5) is 11.6 Å². The van der Waals surface area contributed by atoms with Gasteiger partial charge in [-0.15, -0.1) is 10.2 Å². The van der Waals surface area contributed by atoms with Crippen molar-refractivity contribution in [3.63, 3.8) is 0 Å². The van der Waals surface area contributed by atoms with E-state index in [1.165, 1.54) is 16.4 Å². The van der Waals surface area contributed by atoms with Gasteiger partial charge < -0.3 is 15.9 Å². The number of nitrogen functional groups attached to an aromatic ring is 1. The number of amides is 1. The zero-order valence-electron chi connectivity index (χ0n) is 16.9. The first kappa shape index (κ1) is 21.2. The van der Waals surface area contributed by atoms with Crippen molar-refractivity contribution in [1.82, 2.24) is 14.9 Å². The standard InChI is InChI=1S/C20H23N7O2S/c1-13-8-9-16(14(2)10-13)23-18(28)12-30-20-26-25-19(27(20)21)24-22-11-15-6-4-5-7-17(15)29-3/h4-11H,12,21H2,1-3H3,(H,23,28)(H,24,25)/b22-11+. The number of para-hydroxylation sites is 1. The number of aryl methyl sites for hydroxylation is 2. The van der Waals surface area contributed by atoms with E-state index in [1.807, 2.05) is 56.3 Å². The Bertz CT molecular complexity index is 1070.